The molecule has 0 unspecified atom stereocenters. The molecule has 0 atom stereocenters. The SMILES string of the molecule is CCCc1nnc(NC(=O)c2ccc(N3CCCC3)c([N+](=O)[O-])c2)s1. The van der Waals surface area contributed by atoms with E-state index in [0.717, 1.165) is 43.8 Å². The van der Waals surface area contributed by atoms with Crippen LogP contribution in [0.1, 0.15) is 41.6 Å². The maximum atomic E-state index is 12.4. The maximum absolute atomic E-state index is 12.4. The fourth-order valence-corrected chi connectivity index (χ4v) is 3.66. The highest BCUT2D eigenvalue weighted by Gasteiger charge is 2.24. The first-order chi connectivity index (χ1) is 12.1. The molecule has 1 aliphatic heterocycles. The van der Waals surface area contributed by atoms with Crippen molar-refractivity contribution in [2.75, 3.05) is 23.3 Å². The molecule has 132 valence electrons. The van der Waals surface area contributed by atoms with E-state index in [9.17, 15) is 14.9 Å². The van der Waals surface area contributed by atoms with E-state index in [2.05, 4.69) is 15.5 Å². The summed E-state index contributed by atoms with van der Waals surface area (Å²) < 4.78 is 0. The molecule has 0 radical (unpaired) electrons. The smallest absolute Gasteiger partial charge is 0.293 e. The third-order valence-corrected chi connectivity index (χ3v) is 4.93. The molecule has 0 aliphatic carbocycles. The molecule has 2 aromatic rings. The van der Waals surface area contributed by atoms with Crippen LogP contribution in [0.5, 0.6) is 0 Å². The molecule has 1 amide bonds. The standard InChI is InChI=1S/C16H19N5O3S/c1-2-5-14-18-19-16(25-14)17-15(22)11-6-7-12(13(10-11)21(23)24)20-8-3-4-9-20/h6-7,10H,2-5,8-9H2,1H3,(H,17,19,22). The van der Waals surface area contributed by atoms with Crippen LogP contribution in [0.2, 0.25) is 0 Å². The van der Waals surface area contributed by atoms with Crippen molar-refractivity contribution in [2.45, 2.75) is 32.6 Å². The lowest BCUT2D eigenvalue weighted by molar-refractivity contribution is -0.384. The summed E-state index contributed by atoms with van der Waals surface area (Å²) in [5.74, 6) is -0.421. The number of benzene rings is 1. The normalized spacial score (nSPS) is 13.9. The second-order valence-electron chi connectivity index (χ2n) is 5.86. The topological polar surface area (TPSA) is 101 Å². The molecule has 0 spiro atoms. The van der Waals surface area contributed by atoms with E-state index in [1.54, 1.807) is 12.1 Å². The number of nitro groups is 1. The number of carbonyl (C=O) groups excluding carboxylic acids is 1. The summed E-state index contributed by atoms with van der Waals surface area (Å²) >= 11 is 1.32. The molecular formula is C16H19N5O3S. The fraction of sp³-hybridized carbons (Fsp3) is 0.438. The van der Waals surface area contributed by atoms with Crippen LogP contribution in [0, 0.1) is 10.1 Å². The van der Waals surface area contributed by atoms with Crippen molar-refractivity contribution in [3.63, 3.8) is 0 Å². The number of amides is 1. The van der Waals surface area contributed by atoms with Crippen LogP contribution in [0.3, 0.4) is 0 Å². The van der Waals surface area contributed by atoms with Gasteiger partial charge in [0, 0.05) is 31.1 Å². The molecule has 0 bridgehead atoms. The van der Waals surface area contributed by atoms with Gasteiger partial charge in [-0.15, -0.1) is 10.2 Å². The highest BCUT2D eigenvalue weighted by Crippen LogP contribution is 2.32. The first-order valence-electron chi connectivity index (χ1n) is 8.25. The number of rotatable bonds is 6. The molecule has 8 nitrogen and oxygen atoms in total. The Labute approximate surface area is 149 Å². The Kier molecular flexibility index (Phi) is 5.22. The van der Waals surface area contributed by atoms with Crippen LogP contribution in [0.4, 0.5) is 16.5 Å². The third-order valence-electron chi connectivity index (χ3n) is 4.03. The van der Waals surface area contributed by atoms with Gasteiger partial charge in [0.25, 0.3) is 11.6 Å². The third kappa shape index (κ3) is 3.93. The molecule has 1 aromatic heterocycles. The predicted octanol–water partition coefficient (Wildman–Crippen LogP) is 3.25. The number of nitro benzene ring substituents is 1. The summed E-state index contributed by atoms with van der Waals surface area (Å²) in [6.07, 6.45) is 3.81. The molecular weight excluding hydrogens is 342 g/mol. The number of hydrogen-bond donors (Lipinski definition) is 1. The number of anilines is 2. The van der Waals surface area contributed by atoms with Gasteiger partial charge in [-0.2, -0.15) is 0 Å². The van der Waals surface area contributed by atoms with Gasteiger partial charge in [0.1, 0.15) is 10.7 Å². The molecule has 3 rings (SSSR count). The van der Waals surface area contributed by atoms with Crippen molar-refractivity contribution in [3.05, 3.63) is 38.9 Å². The summed E-state index contributed by atoms with van der Waals surface area (Å²) in [5.41, 5.74) is 0.764. The van der Waals surface area contributed by atoms with Crippen LogP contribution in [-0.4, -0.2) is 34.1 Å². The Hall–Kier alpha value is -2.55. The summed E-state index contributed by atoms with van der Waals surface area (Å²) in [6, 6.07) is 4.60. The molecule has 9 heteroatoms. The van der Waals surface area contributed by atoms with Crippen LogP contribution < -0.4 is 10.2 Å². The Balaban J connectivity index is 1.79. The van der Waals surface area contributed by atoms with Gasteiger partial charge in [-0.1, -0.05) is 18.3 Å². The van der Waals surface area contributed by atoms with E-state index < -0.39 is 10.8 Å². The number of aromatic nitrogens is 2. The van der Waals surface area contributed by atoms with Crippen LogP contribution in [-0.2, 0) is 6.42 Å². The lowest BCUT2D eigenvalue weighted by Gasteiger charge is -2.17. The van der Waals surface area contributed by atoms with E-state index in [0.29, 0.717) is 10.8 Å². The van der Waals surface area contributed by atoms with Gasteiger partial charge in [-0.25, -0.2) is 0 Å². The molecule has 0 saturated carbocycles. The zero-order valence-electron chi connectivity index (χ0n) is 13.9. The molecule has 25 heavy (non-hydrogen) atoms. The van der Waals surface area contributed by atoms with Crippen molar-refractivity contribution in [3.8, 4) is 0 Å². The first-order valence-corrected chi connectivity index (χ1v) is 9.07. The predicted molar refractivity (Wildman–Crippen MR) is 96.4 cm³/mol. The van der Waals surface area contributed by atoms with Gasteiger partial charge >= 0.3 is 0 Å². The lowest BCUT2D eigenvalue weighted by atomic mass is 10.1. The molecule has 1 aromatic carbocycles. The number of carbonyl (C=O) groups is 1. The molecule has 1 aliphatic rings. The van der Waals surface area contributed by atoms with Crippen LogP contribution in [0.15, 0.2) is 18.2 Å². The Morgan fingerprint density at radius 2 is 2.12 bits per heavy atom. The van der Waals surface area contributed by atoms with E-state index in [4.69, 9.17) is 0 Å². The number of nitrogens with one attached hydrogen (secondary N) is 1. The average Bonchev–Trinajstić information content (AvgIpc) is 3.26. The summed E-state index contributed by atoms with van der Waals surface area (Å²) in [4.78, 5) is 25.3. The Morgan fingerprint density at radius 3 is 2.80 bits per heavy atom. The van der Waals surface area contributed by atoms with Crippen molar-refractivity contribution >= 4 is 33.8 Å². The van der Waals surface area contributed by atoms with Crippen molar-refractivity contribution in [2.24, 2.45) is 0 Å². The van der Waals surface area contributed by atoms with Crippen LogP contribution in [0.25, 0.3) is 0 Å². The molecule has 1 N–H and O–H groups in total. The fourth-order valence-electron chi connectivity index (χ4n) is 2.82. The van der Waals surface area contributed by atoms with Gasteiger partial charge in [0.15, 0.2) is 0 Å². The number of nitrogens with zero attached hydrogens (tertiary/aromatic N) is 4. The zero-order chi connectivity index (χ0) is 17.8. The summed E-state index contributed by atoms with van der Waals surface area (Å²) in [6.45, 7) is 3.65. The van der Waals surface area contributed by atoms with E-state index >= 15 is 0 Å². The van der Waals surface area contributed by atoms with Gasteiger partial charge < -0.3 is 4.90 Å². The summed E-state index contributed by atoms with van der Waals surface area (Å²) in [7, 11) is 0. The zero-order valence-corrected chi connectivity index (χ0v) is 14.7. The molecule has 1 saturated heterocycles. The lowest BCUT2D eigenvalue weighted by Crippen LogP contribution is -2.19. The average molecular weight is 361 g/mol. The highest BCUT2D eigenvalue weighted by atomic mass is 32.1. The van der Waals surface area contributed by atoms with Gasteiger partial charge in [-0.3, -0.25) is 20.2 Å². The highest BCUT2D eigenvalue weighted by molar-refractivity contribution is 7.15. The van der Waals surface area contributed by atoms with Crippen LogP contribution >= 0.6 is 11.3 Å². The van der Waals surface area contributed by atoms with E-state index in [1.165, 1.54) is 17.4 Å². The Bertz CT molecular complexity index is 786. The van der Waals surface area contributed by atoms with E-state index in [1.807, 2.05) is 11.8 Å². The number of aryl methyl sites for hydroxylation is 1. The number of hydrogen-bond acceptors (Lipinski definition) is 7. The quantitative estimate of drug-likeness (QED) is 0.626. The van der Waals surface area contributed by atoms with Crippen molar-refractivity contribution in [1.82, 2.24) is 10.2 Å². The first kappa shape index (κ1) is 17.3. The second-order valence-corrected chi connectivity index (χ2v) is 6.92. The molecule has 2 heterocycles. The monoisotopic (exact) mass is 361 g/mol. The second kappa shape index (κ2) is 7.56. The van der Waals surface area contributed by atoms with Crippen molar-refractivity contribution < 1.29 is 9.72 Å². The molecule has 1 fully saturated rings. The maximum Gasteiger partial charge on any atom is 0.293 e. The Morgan fingerprint density at radius 1 is 1.36 bits per heavy atom. The van der Waals surface area contributed by atoms with E-state index in [-0.39, 0.29) is 11.3 Å². The van der Waals surface area contributed by atoms with Gasteiger partial charge in [0.05, 0.1) is 4.92 Å². The largest absolute Gasteiger partial charge is 0.366 e. The van der Waals surface area contributed by atoms with Gasteiger partial charge in [0.2, 0.25) is 5.13 Å². The van der Waals surface area contributed by atoms with Crippen molar-refractivity contribution in [1.29, 1.82) is 0 Å². The summed E-state index contributed by atoms with van der Waals surface area (Å²) in [5, 5.41) is 23.3. The minimum Gasteiger partial charge on any atom is -0.366 e. The van der Waals surface area contributed by atoms with Gasteiger partial charge in [-0.05, 0) is 31.4 Å². The minimum atomic E-state index is -0.436. The minimum absolute atomic E-state index is 0.0431.